The van der Waals surface area contributed by atoms with Crippen molar-refractivity contribution < 1.29 is 4.43 Å². The lowest BCUT2D eigenvalue weighted by Gasteiger charge is -2.31. The molecule has 0 amide bonds. The van der Waals surface area contributed by atoms with Crippen molar-refractivity contribution in [2.24, 2.45) is 0 Å². The van der Waals surface area contributed by atoms with Gasteiger partial charge in [0.05, 0.1) is 0 Å². The van der Waals surface area contributed by atoms with Crippen molar-refractivity contribution in [3.8, 4) is 0 Å². The highest BCUT2D eigenvalue weighted by molar-refractivity contribution is 8.29. The third-order valence-electron chi connectivity index (χ3n) is 3.65. The SMILES string of the molecule is CCCCO[Si](C)(C)CS[Si](CC)(CC)CC. The van der Waals surface area contributed by atoms with Crippen LogP contribution < -0.4 is 0 Å². The summed E-state index contributed by atoms with van der Waals surface area (Å²) in [6.07, 6.45) is 2.47. The summed E-state index contributed by atoms with van der Waals surface area (Å²) in [5.74, 6) is 0. The molecule has 0 saturated heterocycles. The zero-order valence-corrected chi connectivity index (χ0v) is 15.6. The number of hydrogen-bond acceptors (Lipinski definition) is 2. The molecule has 0 aromatic rings. The van der Waals surface area contributed by atoms with E-state index in [-0.39, 0.29) is 0 Å². The van der Waals surface area contributed by atoms with E-state index in [9.17, 15) is 0 Å². The first-order valence-electron chi connectivity index (χ1n) is 7.23. The van der Waals surface area contributed by atoms with Crippen molar-refractivity contribution >= 4 is 26.8 Å². The molecule has 0 unspecified atom stereocenters. The second-order valence-corrected chi connectivity index (χ2v) is 18.7. The summed E-state index contributed by atoms with van der Waals surface area (Å²) in [4.78, 5) is 0. The zero-order chi connectivity index (χ0) is 13.4. The van der Waals surface area contributed by atoms with Gasteiger partial charge in [-0.05, 0) is 19.5 Å². The highest BCUT2D eigenvalue weighted by Crippen LogP contribution is 2.34. The van der Waals surface area contributed by atoms with Crippen LogP contribution >= 0.6 is 11.2 Å². The van der Waals surface area contributed by atoms with E-state index in [1.54, 1.807) is 0 Å². The van der Waals surface area contributed by atoms with Crippen molar-refractivity contribution in [3.05, 3.63) is 0 Å². The van der Waals surface area contributed by atoms with E-state index in [4.69, 9.17) is 4.43 Å². The van der Waals surface area contributed by atoms with Crippen molar-refractivity contribution in [2.75, 3.05) is 12.0 Å². The maximum Gasteiger partial charge on any atom is 0.195 e. The van der Waals surface area contributed by atoms with Crippen LogP contribution in [0.1, 0.15) is 40.5 Å². The summed E-state index contributed by atoms with van der Waals surface area (Å²) in [5, 5.41) is 1.30. The van der Waals surface area contributed by atoms with Gasteiger partial charge in [0.2, 0.25) is 0 Å². The van der Waals surface area contributed by atoms with Crippen LogP contribution in [0.5, 0.6) is 0 Å². The predicted octanol–water partition coefficient (Wildman–Crippen LogP) is 5.29. The third kappa shape index (κ3) is 7.04. The highest BCUT2D eigenvalue weighted by Gasteiger charge is 2.32. The van der Waals surface area contributed by atoms with Gasteiger partial charge in [0, 0.05) is 12.0 Å². The Balaban J connectivity index is 4.13. The van der Waals surface area contributed by atoms with Crippen molar-refractivity contribution in [1.29, 1.82) is 0 Å². The quantitative estimate of drug-likeness (QED) is 0.400. The van der Waals surface area contributed by atoms with Crippen molar-refractivity contribution in [3.63, 3.8) is 0 Å². The zero-order valence-electron chi connectivity index (χ0n) is 12.8. The van der Waals surface area contributed by atoms with Crippen LogP contribution in [0.3, 0.4) is 0 Å². The van der Waals surface area contributed by atoms with Gasteiger partial charge < -0.3 is 4.43 Å². The van der Waals surface area contributed by atoms with E-state index in [1.807, 2.05) is 0 Å². The fraction of sp³-hybridized carbons (Fsp3) is 1.00. The van der Waals surface area contributed by atoms with Gasteiger partial charge >= 0.3 is 0 Å². The molecule has 104 valence electrons. The van der Waals surface area contributed by atoms with Gasteiger partial charge in [-0.2, -0.15) is 11.2 Å². The fourth-order valence-electron chi connectivity index (χ4n) is 1.92. The van der Waals surface area contributed by atoms with Crippen LogP contribution in [0.4, 0.5) is 0 Å². The maximum atomic E-state index is 6.14. The van der Waals surface area contributed by atoms with E-state index in [0.29, 0.717) is 0 Å². The first kappa shape index (κ1) is 17.7. The average molecular weight is 293 g/mol. The van der Waals surface area contributed by atoms with Crippen LogP contribution in [0, 0.1) is 0 Å². The van der Waals surface area contributed by atoms with Crippen molar-refractivity contribution in [1.82, 2.24) is 0 Å². The van der Waals surface area contributed by atoms with Crippen LogP contribution in [0.25, 0.3) is 0 Å². The summed E-state index contributed by atoms with van der Waals surface area (Å²) in [6.45, 7) is 15.1. The predicted molar refractivity (Wildman–Crippen MR) is 88.0 cm³/mol. The van der Waals surface area contributed by atoms with Crippen LogP contribution in [-0.4, -0.2) is 27.5 Å². The maximum absolute atomic E-state index is 6.14. The minimum atomic E-state index is -1.40. The molecule has 0 fully saturated rings. The first-order valence-corrected chi connectivity index (χ1v) is 14.7. The Kier molecular flexibility index (Phi) is 9.16. The molecule has 4 heteroatoms. The molecule has 0 rings (SSSR count). The smallest absolute Gasteiger partial charge is 0.195 e. The number of unbranched alkanes of at least 4 members (excludes halogenated alkanes) is 1. The van der Waals surface area contributed by atoms with E-state index in [1.165, 1.54) is 36.4 Å². The van der Waals surface area contributed by atoms with Gasteiger partial charge in [-0.1, -0.05) is 52.2 Å². The largest absolute Gasteiger partial charge is 0.417 e. The summed E-state index contributed by atoms with van der Waals surface area (Å²) < 4.78 is 6.14. The molecular weight excluding hydrogens is 260 g/mol. The molecule has 0 radical (unpaired) electrons. The monoisotopic (exact) mass is 292 g/mol. The Bertz CT molecular complexity index is 186. The molecule has 0 aliphatic rings. The second-order valence-electron chi connectivity index (χ2n) is 5.49. The van der Waals surface area contributed by atoms with Gasteiger partial charge in [0.25, 0.3) is 0 Å². The normalized spacial score (nSPS) is 13.1. The van der Waals surface area contributed by atoms with E-state index >= 15 is 0 Å². The van der Waals surface area contributed by atoms with Gasteiger partial charge in [0.1, 0.15) is 7.22 Å². The molecule has 0 spiro atoms. The van der Waals surface area contributed by atoms with Crippen LogP contribution in [0.2, 0.25) is 31.2 Å². The fourth-order valence-corrected chi connectivity index (χ4v) is 15.4. The molecule has 0 heterocycles. The molecule has 1 nitrogen and oxygen atoms in total. The second kappa shape index (κ2) is 8.78. The minimum absolute atomic E-state index is 0.981. The topological polar surface area (TPSA) is 9.23 Å². The van der Waals surface area contributed by atoms with Gasteiger partial charge in [-0.3, -0.25) is 0 Å². The number of rotatable bonds is 10. The molecule has 17 heavy (non-hydrogen) atoms. The van der Waals surface area contributed by atoms with Crippen LogP contribution in [-0.2, 0) is 4.43 Å². The third-order valence-corrected chi connectivity index (χ3v) is 18.2. The molecule has 0 saturated carbocycles. The lowest BCUT2D eigenvalue weighted by molar-refractivity contribution is 0.302. The first-order chi connectivity index (χ1) is 7.95. The molecule has 0 aliphatic heterocycles. The standard InChI is InChI=1S/C13H32OSSi2/c1-7-11-12-14-16(5,6)13-15-17(8-2,9-3)10-4/h7-13H2,1-6H3. The Hall–Kier alpha value is 0.744. The molecular formula is C13H32OSSi2. The summed E-state index contributed by atoms with van der Waals surface area (Å²) in [5.41, 5.74) is 0. The molecule has 0 aliphatic carbocycles. The average Bonchev–Trinajstić information content (AvgIpc) is 2.32. The Morgan fingerprint density at radius 2 is 1.47 bits per heavy atom. The summed E-state index contributed by atoms with van der Waals surface area (Å²) in [6, 6.07) is 4.26. The molecule has 0 aromatic heterocycles. The summed E-state index contributed by atoms with van der Waals surface area (Å²) >= 11 is 2.31. The van der Waals surface area contributed by atoms with E-state index in [0.717, 1.165) is 6.61 Å². The van der Waals surface area contributed by atoms with Crippen LogP contribution in [0.15, 0.2) is 0 Å². The molecule has 0 atom stereocenters. The number of hydrogen-bond donors (Lipinski definition) is 0. The lowest BCUT2D eigenvalue weighted by Crippen LogP contribution is -2.39. The Labute approximate surface area is 115 Å². The molecule has 0 bridgehead atoms. The minimum Gasteiger partial charge on any atom is -0.417 e. The van der Waals surface area contributed by atoms with Gasteiger partial charge in [0.15, 0.2) is 8.32 Å². The Morgan fingerprint density at radius 3 is 1.88 bits per heavy atom. The van der Waals surface area contributed by atoms with Gasteiger partial charge in [-0.15, -0.1) is 0 Å². The van der Waals surface area contributed by atoms with Gasteiger partial charge in [-0.25, -0.2) is 0 Å². The van der Waals surface area contributed by atoms with E-state index in [2.05, 4.69) is 52.0 Å². The highest BCUT2D eigenvalue weighted by atomic mass is 32.4. The summed E-state index contributed by atoms with van der Waals surface area (Å²) in [7, 11) is -2.40. The molecule has 0 N–H and O–H groups in total. The molecule has 0 aromatic carbocycles. The van der Waals surface area contributed by atoms with Crippen molar-refractivity contribution in [2.45, 2.75) is 71.8 Å². The Morgan fingerprint density at radius 1 is 0.941 bits per heavy atom. The van der Waals surface area contributed by atoms with E-state index < -0.39 is 15.5 Å². The lowest BCUT2D eigenvalue weighted by atomic mass is 10.4.